The average molecular weight is 367 g/mol. The van der Waals surface area contributed by atoms with Crippen molar-refractivity contribution in [2.45, 2.75) is 49.5 Å². The Labute approximate surface area is 148 Å². The molecule has 0 saturated heterocycles. The van der Waals surface area contributed by atoms with Crippen LogP contribution in [-0.4, -0.2) is 39.4 Å². The summed E-state index contributed by atoms with van der Waals surface area (Å²) in [5.41, 5.74) is 0. The van der Waals surface area contributed by atoms with Crippen LogP contribution in [0, 0.1) is 0 Å². The van der Waals surface area contributed by atoms with Crippen LogP contribution in [-0.2, 0) is 19.6 Å². The van der Waals surface area contributed by atoms with Crippen LogP contribution in [0.25, 0.3) is 0 Å². The van der Waals surface area contributed by atoms with E-state index >= 15 is 0 Å². The first kappa shape index (κ1) is 19.4. The molecule has 0 unspecified atom stereocenters. The van der Waals surface area contributed by atoms with Gasteiger partial charge in [-0.05, 0) is 25.0 Å². The Morgan fingerprint density at radius 1 is 1.00 bits per heavy atom. The predicted octanol–water partition coefficient (Wildman–Crippen LogP) is 0.920. The fraction of sp³-hybridized carbons (Fsp3) is 0.529. The molecular formula is C17H25N3O4S. The van der Waals surface area contributed by atoms with E-state index in [2.05, 4.69) is 15.4 Å². The second-order valence-electron chi connectivity index (χ2n) is 6.14. The summed E-state index contributed by atoms with van der Waals surface area (Å²) >= 11 is 0. The summed E-state index contributed by atoms with van der Waals surface area (Å²) in [6.07, 6.45) is 5.41. The van der Waals surface area contributed by atoms with Gasteiger partial charge in [-0.25, -0.2) is 13.1 Å². The average Bonchev–Trinajstić information content (AvgIpc) is 2.61. The fourth-order valence-corrected chi connectivity index (χ4v) is 3.83. The molecule has 138 valence electrons. The van der Waals surface area contributed by atoms with E-state index < -0.39 is 10.0 Å². The molecule has 2 rings (SSSR count). The Kier molecular flexibility index (Phi) is 7.39. The van der Waals surface area contributed by atoms with Gasteiger partial charge in [0.2, 0.25) is 21.8 Å². The molecule has 1 fully saturated rings. The van der Waals surface area contributed by atoms with Crippen LogP contribution in [0.1, 0.15) is 38.5 Å². The number of amides is 2. The molecule has 0 atom stereocenters. The van der Waals surface area contributed by atoms with Crippen molar-refractivity contribution >= 4 is 21.8 Å². The summed E-state index contributed by atoms with van der Waals surface area (Å²) in [6, 6.07) is 8.16. The van der Waals surface area contributed by atoms with Crippen molar-refractivity contribution in [2.24, 2.45) is 0 Å². The van der Waals surface area contributed by atoms with E-state index in [0.29, 0.717) is 0 Å². The van der Waals surface area contributed by atoms with Gasteiger partial charge in [0.15, 0.2) is 0 Å². The van der Waals surface area contributed by atoms with Crippen molar-refractivity contribution < 1.29 is 18.0 Å². The van der Waals surface area contributed by atoms with Crippen LogP contribution in [0.4, 0.5) is 0 Å². The third-order valence-electron chi connectivity index (χ3n) is 4.11. The monoisotopic (exact) mass is 367 g/mol. The molecule has 3 N–H and O–H groups in total. The van der Waals surface area contributed by atoms with Gasteiger partial charge in [-0.1, -0.05) is 37.5 Å². The highest BCUT2D eigenvalue weighted by Gasteiger charge is 2.16. The molecular weight excluding hydrogens is 342 g/mol. The summed E-state index contributed by atoms with van der Waals surface area (Å²) in [4.78, 5) is 23.7. The molecule has 0 radical (unpaired) electrons. The van der Waals surface area contributed by atoms with Gasteiger partial charge in [-0.3, -0.25) is 9.59 Å². The number of benzene rings is 1. The normalized spacial score (nSPS) is 15.5. The SMILES string of the molecule is O=C(CCNS(=O)(=O)c1ccccc1)NCC(=O)NC1CCCCC1. The minimum Gasteiger partial charge on any atom is -0.352 e. The lowest BCUT2D eigenvalue weighted by molar-refractivity contribution is -0.126. The highest BCUT2D eigenvalue weighted by molar-refractivity contribution is 7.89. The summed E-state index contributed by atoms with van der Waals surface area (Å²) in [6.45, 7) is -0.103. The zero-order chi connectivity index (χ0) is 18.1. The van der Waals surface area contributed by atoms with Gasteiger partial charge in [0.1, 0.15) is 0 Å². The minimum absolute atomic E-state index is 0.0205. The zero-order valence-electron chi connectivity index (χ0n) is 14.2. The molecule has 8 heteroatoms. The van der Waals surface area contributed by atoms with Crippen molar-refractivity contribution in [1.82, 2.24) is 15.4 Å². The van der Waals surface area contributed by atoms with Crippen LogP contribution in [0.2, 0.25) is 0 Å². The molecule has 1 aliphatic rings. The van der Waals surface area contributed by atoms with Crippen molar-refractivity contribution in [1.29, 1.82) is 0 Å². The number of hydrogen-bond donors (Lipinski definition) is 3. The third-order valence-corrected chi connectivity index (χ3v) is 5.59. The summed E-state index contributed by atoms with van der Waals surface area (Å²) in [5.74, 6) is -0.570. The zero-order valence-corrected chi connectivity index (χ0v) is 15.0. The molecule has 0 aliphatic heterocycles. The van der Waals surface area contributed by atoms with Crippen LogP contribution in [0.15, 0.2) is 35.2 Å². The fourth-order valence-electron chi connectivity index (χ4n) is 2.77. The quantitative estimate of drug-likeness (QED) is 0.635. The van der Waals surface area contributed by atoms with E-state index in [0.717, 1.165) is 25.7 Å². The largest absolute Gasteiger partial charge is 0.352 e. The molecule has 1 aromatic carbocycles. The second-order valence-corrected chi connectivity index (χ2v) is 7.91. The molecule has 2 amide bonds. The lowest BCUT2D eigenvalue weighted by Gasteiger charge is -2.22. The van der Waals surface area contributed by atoms with Gasteiger partial charge in [-0.2, -0.15) is 0 Å². The summed E-state index contributed by atoms with van der Waals surface area (Å²) in [7, 11) is -3.62. The molecule has 1 saturated carbocycles. The van der Waals surface area contributed by atoms with Crippen molar-refractivity contribution in [3.63, 3.8) is 0 Å². The number of nitrogens with one attached hydrogen (secondary N) is 3. The van der Waals surface area contributed by atoms with E-state index in [1.807, 2.05) is 0 Å². The molecule has 0 heterocycles. The number of carbonyl (C=O) groups excluding carboxylic acids is 2. The van der Waals surface area contributed by atoms with Gasteiger partial charge in [0, 0.05) is 19.0 Å². The first-order valence-electron chi connectivity index (χ1n) is 8.58. The van der Waals surface area contributed by atoms with Crippen LogP contribution < -0.4 is 15.4 Å². The van der Waals surface area contributed by atoms with E-state index in [-0.39, 0.29) is 42.3 Å². The first-order valence-corrected chi connectivity index (χ1v) is 10.1. The van der Waals surface area contributed by atoms with Crippen LogP contribution in [0.5, 0.6) is 0 Å². The molecule has 0 bridgehead atoms. The molecule has 25 heavy (non-hydrogen) atoms. The number of sulfonamides is 1. The lowest BCUT2D eigenvalue weighted by Crippen LogP contribution is -2.43. The maximum absolute atomic E-state index is 12.0. The van der Waals surface area contributed by atoms with Gasteiger partial charge in [0.25, 0.3) is 0 Å². The molecule has 1 aromatic rings. The van der Waals surface area contributed by atoms with Gasteiger partial charge in [0.05, 0.1) is 11.4 Å². The van der Waals surface area contributed by atoms with Gasteiger partial charge < -0.3 is 10.6 Å². The van der Waals surface area contributed by atoms with Gasteiger partial charge in [-0.15, -0.1) is 0 Å². The van der Waals surface area contributed by atoms with E-state index in [9.17, 15) is 18.0 Å². The van der Waals surface area contributed by atoms with E-state index in [1.54, 1.807) is 18.2 Å². The maximum atomic E-state index is 12.0. The van der Waals surface area contributed by atoms with E-state index in [4.69, 9.17) is 0 Å². The van der Waals surface area contributed by atoms with Crippen molar-refractivity contribution in [3.05, 3.63) is 30.3 Å². The topological polar surface area (TPSA) is 104 Å². The highest BCUT2D eigenvalue weighted by atomic mass is 32.2. The number of rotatable bonds is 8. The third kappa shape index (κ3) is 6.83. The Morgan fingerprint density at radius 2 is 1.68 bits per heavy atom. The number of hydrogen-bond acceptors (Lipinski definition) is 4. The van der Waals surface area contributed by atoms with Gasteiger partial charge >= 0.3 is 0 Å². The molecule has 1 aliphatic carbocycles. The van der Waals surface area contributed by atoms with Crippen LogP contribution >= 0.6 is 0 Å². The lowest BCUT2D eigenvalue weighted by atomic mass is 9.95. The smallest absolute Gasteiger partial charge is 0.240 e. The Hall–Kier alpha value is -1.93. The first-order chi connectivity index (χ1) is 12.0. The standard InChI is InChI=1S/C17H25N3O4S/c21-16(18-13-17(22)20-14-7-3-1-4-8-14)11-12-19-25(23,24)15-9-5-2-6-10-15/h2,5-6,9-10,14,19H,1,3-4,7-8,11-13H2,(H,18,21)(H,20,22). The summed E-state index contributed by atoms with van der Waals surface area (Å²) in [5, 5.41) is 5.42. The van der Waals surface area contributed by atoms with Crippen molar-refractivity contribution in [3.8, 4) is 0 Å². The predicted molar refractivity (Wildman–Crippen MR) is 94.3 cm³/mol. The highest BCUT2D eigenvalue weighted by Crippen LogP contribution is 2.17. The van der Waals surface area contributed by atoms with Crippen LogP contribution in [0.3, 0.4) is 0 Å². The van der Waals surface area contributed by atoms with Crippen molar-refractivity contribution in [2.75, 3.05) is 13.1 Å². The Morgan fingerprint density at radius 3 is 2.36 bits per heavy atom. The Balaban J connectivity index is 1.64. The number of carbonyl (C=O) groups is 2. The van der Waals surface area contributed by atoms with E-state index in [1.165, 1.54) is 18.6 Å². The summed E-state index contributed by atoms with van der Waals surface area (Å²) < 4.78 is 26.4. The second kappa shape index (κ2) is 9.53. The minimum atomic E-state index is -3.62. The molecule has 7 nitrogen and oxygen atoms in total. The maximum Gasteiger partial charge on any atom is 0.240 e. The Bertz CT molecular complexity index is 670. The molecule has 0 aromatic heterocycles. The molecule has 0 spiro atoms.